The Balaban J connectivity index is 2.03. The van der Waals surface area contributed by atoms with Crippen molar-refractivity contribution in [2.75, 3.05) is 24.1 Å². The van der Waals surface area contributed by atoms with Gasteiger partial charge in [0.15, 0.2) is 0 Å². The number of methoxy groups -OCH3 is 1. The summed E-state index contributed by atoms with van der Waals surface area (Å²) >= 11 is 3.34. The largest absolute Gasteiger partial charge is 0.495 e. The van der Waals surface area contributed by atoms with Crippen molar-refractivity contribution in [2.45, 2.75) is 25.3 Å². The number of piperidine rings is 1. The zero-order valence-electron chi connectivity index (χ0n) is 11.4. The van der Waals surface area contributed by atoms with Gasteiger partial charge in [0, 0.05) is 12.1 Å². The molecule has 112 valence electrons. The van der Waals surface area contributed by atoms with Crippen LogP contribution in [0.1, 0.15) is 19.3 Å². The first kappa shape index (κ1) is 15.6. The highest BCUT2D eigenvalue weighted by Crippen LogP contribution is 2.28. The molecule has 0 saturated carbocycles. The number of benzene rings is 1. The van der Waals surface area contributed by atoms with Crippen LogP contribution in [-0.4, -0.2) is 33.9 Å². The lowest BCUT2D eigenvalue weighted by molar-refractivity contribution is 0.412. The molecule has 7 heteroatoms. The summed E-state index contributed by atoms with van der Waals surface area (Å²) in [5, 5.41) is 3.24. The van der Waals surface area contributed by atoms with Crippen molar-refractivity contribution in [3.63, 3.8) is 0 Å². The first-order chi connectivity index (χ1) is 9.50. The smallest absolute Gasteiger partial charge is 0.234 e. The number of hydrogen-bond acceptors (Lipinski definition) is 4. The van der Waals surface area contributed by atoms with Gasteiger partial charge in [-0.05, 0) is 47.4 Å². The summed E-state index contributed by atoms with van der Waals surface area (Å²) in [5.41, 5.74) is 0.515. The summed E-state index contributed by atoms with van der Waals surface area (Å²) in [6.45, 7) is 0.895. The molecule has 0 amide bonds. The summed E-state index contributed by atoms with van der Waals surface area (Å²) in [5.74, 6) is 0.701. The normalized spacial score (nSPS) is 19.6. The maximum atomic E-state index is 12.1. The lowest BCUT2D eigenvalue weighted by Crippen LogP contribution is -2.40. The minimum Gasteiger partial charge on any atom is -0.495 e. The van der Waals surface area contributed by atoms with Crippen molar-refractivity contribution in [3.8, 4) is 5.75 Å². The molecule has 0 aliphatic carbocycles. The molecule has 20 heavy (non-hydrogen) atoms. The van der Waals surface area contributed by atoms with Crippen LogP contribution in [0.2, 0.25) is 0 Å². The van der Waals surface area contributed by atoms with Crippen LogP contribution < -0.4 is 14.8 Å². The average Bonchev–Trinajstić information content (AvgIpc) is 2.41. The van der Waals surface area contributed by atoms with E-state index in [1.165, 1.54) is 0 Å². The molecule has 2 rings (SSSR count). The quantitative estimate of drug-likeness (QED) is 0.843. The van der Waals surface area contributed by atoms with Gasteiger partial charge in [-0.15, -0.1) is 0 Å². The van der Waals surface area contributed by atoms with Gasteiger partial charge in [-0.25, -0.2) is 8.42 Å². The Morgan fingerprint density at radius 3 is 2.90 bits per heavy atom. The van der Waals surface area contributed by atoms with E-state index in [9.17, 15) is 8.42 Å². The second-order valence-corrected chi connectivity index (χ2v) is 7.50. The van der Waals surface area contributed by atoms with E-state index in [0.29, 0.717) is 11.4 Å². The van der Waals surface area contributed by atoms with Crippen molar-refractivity contribution in [3.05, 3.63) is 22.7 Å². The molecule has 1 aromatic carbocycles. The van der Waals surface area contributed by atoms with E-state index in [1.54, 1.807) is 25.3 Å². The standard InChI is InChI=1S/C13H19BrN2O3S/c1-19-13-8-10(5-6-12(13)14)16-20(17,18)9-11-4-2-3-7-15-11/h5-6,8,11,15-16H,2-4,7,9H2,1H3. The zero-order valence-corrected chi connectivity index (χ0v) is 13.8. The Labute approximate surface area is 128 Å². The number of sulfonamides is 1. The Morgan fingerprint density at radius 1 is 1.45 bits per heavy atom. The van der Waals surface area contributed by atoms with Crippen LogP contribution in [0.5, 0.6) is 5.75 Å². The highest BCUT2D eigenvalue weighted by molar-refractivity contribution is 9.10. The minimum absolute atomic E-state index is 0.0404. The molecule has 0 bridgehead atoms. The monoisotopic (exact) mass is 362 g/mol. The van der Waals surface area contributed by atoms with E-state index in [1.807, 2.05) is 0 Å². The van der Waals surface area contributed by atoms with Gasteiger partial charge < -0.3 is 10.1 Å². The van der Waals surface area contributed by atoms with Crippen molar-refractivity contribution >= 4 is 31.6 Å². The number of halogens is 1. The number of nitrogens with one attached hydrogen (secondary N) is 2. The van der Waals surface area contributed by atoms with Crippen LogP contribution in [-0.2, 0) is 10.0 Å². The average molecular weight is 363 g/mol. The third-order valence-electron chi connectivity index (χ3n) is 3.26. The third kappa shape index (κ3) is 4.36. The molecule has 1 heterocycles. The van der Waals surface area contributed by atoms with Crippen LogP contribution >= 0.6 is 15.9 Å². The van der Waals surface area contributed by atoms with E-state index in [4.69, 9.17) is 4.74 Å². The van der Waals surface area contributed by atoms with Crippen molar-refractivity contribution < 1.29 is 13.2 Å². The van der Waals surface area contributed by atoms with Gasteiger partial charge >= 0.3 is 0 Å². The van der Waals surface area contributed by atoms with E-state index in [2.05, 4.69) is 26.0 Å². The number of rotatable bonds is 5. The maximum absolute atomic E-state index is 12.1. The van der Waals surface area contributed by atoms with Gasteiger partial charge in [0.25, 0.3) is 0 Å². The van der Waals surface area contributed by atoms with Gasteiger partial charge in [-0.3, -0.25) is 4.72 Å². The Hall–Kier alpha value is -0.790. The molecule has 1 saturated heterocycles. The van der Waals surface area contributed by atoms with E-state index in [-0.39, 0.29) is 11.8 Å². The van der Waals surface area contributed by atoms with Crippen LogP contribution in [0, 0.1) is 0 Å². The van der Waals surface area contributed by atoms with Crippen molar-refractivity contribution in [1.82, 2.24) is 5.32 Å². The zero-order chi connectivity index (χ0) is 14.6. The SMILES string of the molecule is COc1cc(NS(=O)(=O)CC2CCCCN2)ccc1Br. The van der Waals surface area contributed by atoms with Gasteiger partial charge in [0.1, 0.15) is 5.75 Å². The molecule has 2 N–H and O–H groups in total. The van der Waals surface area contributed by atoms with Gasteiger partial charge in [-0.2, -0.15) is 0 Å². The first-order valence-corrected chi connectivity index (χ1v) is 9.02. The summed E-state index contributed by atoms with van der Waals surface area (Å²) < 4.78 is 32.8. The second kappa shape index (κ2) is 6.78. The lowest BCUT2D eigenvalue weighted by Gasteiger charge is -2.23. The van der Waals surface area contributed by atoms with Crippen LogP contribution in [0.15, 0.2) is 22.7 Å². The fourth-order valence-electron chi connectivity index (χ4n) is 2.28. The number of ether oxygens (including phenoxy) is 1. The molecule has 0 aromatic heterocycles. The Kier molecular flexibility index (Phi) is 5.29. The summed E-state index contributed by atoms with van der Waals surface area (Å²) in [4.78, 5) is 0. The third-order valence-corrected chi connectivity index (χ3v) is 5.30. The van der Waals surface area contributed by atoms with Crippen molar-refractivity contribution in [1.29, 1.82) is 0 Å². The highest BCUT2D eigenvalue weighted by Gasteiger charge is 2.21. The Bertz CT molecular complexity index is 557. The second-order valence-electron chi connectivity index (χ2n) is 4.88. The van der Waals surface area contributed by atoms with Crippen LogP contribution in [0.25, 0.3) is 0 Å². The Morgan fingerprint density at radius 2 is 2.25 bits per heavy atom. The van der Waals surface area contributed by atoms with Gasteiger partial charge in [-0.1, -0.05) is 6.42 Å². The fraction of sp³-hybridized carbons (Fsp3) is 0.538. The fourth-order valence-corrected chi connectivity index (χ4v) is 4.07. The molecule has 1 atom stereocenters. The first-order valence-electron chi connectivity index (χ1n) is 6.57. The number of hydrogen-bond donors (Lipinski definition) is 2. The van der Waals surface area contributed by atoms with Gasteiger partial charge in [0.2, 0.25) is 10.0 Å². The molecule has 1 aliphatic heterocycles. The maximum Gasteiger partial charge on any atom is 0.234 e. The molecular formula is C13H19BrN2O3S. The molecule has 0 spiro atoms. The molecule has 1 fully saturated rings. The number of anilines is 1. The van der Waals surface area contributed by atoms with Crippen LogP contribution in [0.4, 0.5) is 5.69 Å². The van der Waals surface area contributed by atoms with E-state index in [0.717, 1.165) is 30.3 Å². The van der Waals surface area contributed by atoms with Crippen LogP contribution in [0.3, 0.4) is 0 Å². The predicted octanol–water partition coefficient (Wildman–Crippen LogP) is 2.34. The van der Waals surface area contributed by atoms with Crippen molar-refractivity contribution in [2.24, 2.45) is 0 Å². The lowest BCUT2D eigenvalue weighted by atomic mass is 10.1. The summed E-state index contributed by atoms with van der Waals surface area (Å²) in [6, 6.07) is 5.17. The summed E-state index contributed by atoms with van der Waals surface area (Å²) in [7, 11) is -1.81. The van der Waals surface area contributed by atoms with Gasteiger partial charge in [0.05, 0.1) is 23.0 Å². The molecule has 1 unspecified atom stereocenters. The predicted molar refractivity (Wildman–Crippen MR) is 83.7 cm³/mol. The minimum atomic E-state index is -3.36. The summed E-state index contributed by atoms with van der Waals surface area (Å²) in [6.07, 6.45) is 3.11. The molecule has 1 aliphatic rings. The molecule has 0 radical (unpaired) electrons. The highest BCUT2D eigenvalue weighted by atomic mass is 79.9. The van der Waals surface area contributed by atoms with E-state index >= 15 is 0 Å². The van der Waals surface area contributed by atoms with E-state index < -0.39 is 10.0 Å². The molecular weight excluding hydrogens is 344 g/mol. The molecule has 5 nitrogen and oxygen atoms in total. The molecule has 1 aromatic rings. The topological polar surface area (TPSA) is 67.4 Å².